The molecule has 0 fully saturated rings. The summed E-state index contributed by atoms with van der Waals surface area (Å²) >= 11 is 0. The maximum absolute atomic E-state index is 12.5. The van der Waals surface area contributed by atoms with Gasteiger partial charge in [0.05, 0.1) is 26.9 Å². The first-order chi connectivity index (χ1) is 21.3. The highest BCUT2D eigenvalue weighted by molar-refractivity contribution is 5.95. The van der Waals surface area contributed by atoms with Crippen LogP contribution in [0.5, 0.6) is 34.5 Å². The fourth-order valence-corrected chi connectivity index (χ4v) is 5.00. The molecule has 0 aliphatic carbocycles. The predicted octanol–water partition coefficient (Wildman–Crippen LogP) is 6.10. The molecule has 0 spiro atoms. The molecule has 0 amide bonds. The van der Waals surface area contributed by atoms with Gasteiger partial charge in [-0.1, -0.05) is 42.5 Å². The quantitative estimate of drug-likeness (QED) is 0.185. The first kappa shape index (κ1) is 29.8. The highest BCUT2D eigenvalue weighted by Gasteiger charge is 2.23. The van der Waals surface area contributed by atoms with Gasteiger partial charge in [-0.3, -0.25) is 0 Å². The van der Waals surface area contributed by atoms with Crippen LogP contribution in [-0.2, 0) is 17.8 Å². The molecule has 10 heteroatoms. The molecule has 1 aliphatic rings. The van der Waals surface area contributed by atoms with E-state index >= 15 is 0 Å². The molecule has 44 heavy (non-hydrogen) atoms. The smallest absolute Gasteiger partial charge is 0.336 e. The molecule has 0 bridgehead atoms. The number of carboxylic acid groups (broad SMARTS) is 2. The molecular formula is C34H30O10. The number of hydrogen-bond acceptors (Lipinski definition) is 8. The van der Waals surface area contributed by atoms with Gasteiger partial charge in [-0.25, -0.2) is 9.59 Å². The SMILES string of the molecule is COc1cc2c(cc1CC(=Cc1ccccc1-c1ccc(OC)c(OC)c1OCc1ccccc1C(=O)O)C(=O)O)OCO2. The lowest BCUT2D eigenvalue weighted by molar-refractivity contribution is -0.132. The molecule has 226 valence electrons. The number of fused-ring (bicyclic) bond motifs is 1. The first-order valence-corrected chi connectivity index (χ1v) is 13.5. The van der Waals surface area contributed by atoms with Crippen molar-refractivity contribution in [3.8, 4) is 45.6 Å². The molecule has 4 aromatic carbocycles. The Hall–Kier alpha value is -5.64. The van der Waals surface area contributed by atoms with Crippen LogP contribution in [0.25, 0.3) is 17.2 Å². The minimum Gasteiger partial charge on any atom is -0.496 e. The Bertz CT molecular complexity index is 1740. The van der Waals surface area contributed by atoms with Crippen LogP contribution in [0.2, 0.25) is 0 Å². The number of rotatable bonds is 12. The molecular weight excluding hydrogens is 568 g/mol. The summed E-state index contributed by atoms with van der Waals surface area (Å²) in [6, 6.07) is 20.7. The van der Waals surface area contributed by atoms with Crippen LogP contribution in [-0.4, -0.2) is 50.3 Å². The second-order valence-electron chi connectivity index (χ2n) is 9.68. The van der Waals surface area contributed by atoms with Gasteiger partial charge < -0.3 is 38.6 Å². The standard InChI is InChI=1S/C34H30O10/c1-39-27-13-12-26(31(32(27)41-3)42-18-21-9-5-7-11-25(21)34(37)38)24-10-6-4-8-20(24)14-23(33(35)36)15-22-16-29-30(44-19-43-29)17-28(22)40-2/h4-14,16-17H,15,18-19H2,1-3H3,(H,35,36)(H,37,38). The Labute approximate surface area is 253 Å². The van der Waals surface area contributed by atoms with Crippen LogP contribution in [0.4, 0.5) is 0 Å². The summed E-state index contributed by atoms with van der Waals surface area (Å²) in [6.07, 6.45) is 1.65. The van der Waals surface area contributed by atoms with Crippen molar-refractivity contribution in [3.05, 3.63) is 101 Å². The monoisotopic (exact) mass is 598 g/mol. The zero-order valence-electron chi connectivity index (χ0n) is 24.3. The number of aromatic carboxylic acids is 1. The van der Waals surface area contributed by atoms with Gasteiger partial charge in [0.2, 0.25) is 12.5 Å². The van der Waals surface area contributed by atoms with Gasteiger partial charge in [-0.05, 0) is 41.5 Å². The molecule has 1 aliphatic heterocycles. The fraction of sp³-hybridized carbons (Fsp3) is 0.176. The normalized spacial score (nSPS) is 12.0. The fourth-order valence-electron chi connectivity index (χ4n) is 5.00. The van der Waals surface area contributed by atoms with Gasteiger partial charge in [-0.2, -0.15) is 0 Å². The molecule has 0 aromatic heterocycles. The van der Waals surface area contributed by atoms with E-state index in [0.717, 1.165) is 0 Å². The van der Waals surface area contributed by atoms with Crippen LogP contribution in [0.3, 0.4) is 0 Å². The summed E-state index contributed by atoms with van der Waals surface area (Å²) in [5.74, 6) is 0.374. The Morgan fingerprint density at radius 2 is 1.48 bits per heavy atom. The summed E-state index contributed by atoms with van der Waals surface area (Å²) in [4.78, 5) is 24.3. The Kier molecular flexibility index (Phi) is 8.90. The van der Waals surface area contributed by atoms with Crippen molar-refractivity contribution in [2.45, 2.75) is 13.0 Å². The largest absolute Gasteiger partial charge is 0.496 e. The van der Waals surface area contributed by atoms with Gasteiger partial charge >= 0.3 is 11.9 Å². The minimum absolute atomic E-state index is 0.0464. The third-order valence-corrected chi connectivity index (χ3v) is 7.13. The van der Waals surface area contributed by atoms with Gasteiger partial charge in [0.25, 0.3) is 0 Å². The van der Waals surface area contributed by atoms with Crippen LogP contribution >= 0.6 is 0 Å². The topological polar surface area (TPSA) is 130 Å². The number of carbonyl (C=O) groups is 2. The maximum atomic E-state index is 12.5. The van der Waals surface area contributed by atoms with Crippen LogP contribution < -0.4 is 28.4 Å². The van der Waals surface area contributed by atoms with Crippen molar-refractivity contribution in [1.82, 2.24) is 0 Å². The summed E-state index contributed by atoms with van der Waals surface area (Å²) in [7, 11) is 4.49. The molecule has 5 rings (SSSR count). The summed E-state index contributed by atoms with van der Waals surface area (Å²) in [6.45, 7) is 0.00978. The van der Waals surface area contributed by atoms with E-state index in [1.807, 2.05) is 12.1 Å². The van der Waals surface area contributed by atoms with E-state index in [1.165, 1.54) is 27.4 Å². The van der Waals surface area contributed by atoms with Crippen molar-refractivity contribution in [2.75, 3.05) is 28.1 Å². The Morgan fingerprint density at radius 1 is 0.773 bits per heavy atom. The minimum atomic E-state index is -1.10. The molecule has 10 nitrogen and oxygen atoms in total. The predicted molar refractivity (Wildman–Crippen MR) is 161 cm³/mol. The van der Waals surface area contributed by atoms with E-state index in [-0.39, 0.29) is 31.0 Å². The maximum Gasteiger partial charge on any atom is 0.336 e. The second-order valence-corrected chi connectivity index (χ2v) is 9.68. The lowest BCUT2D eigenvalue weighted by Crippen LogP contribution is -2.07. The van der Waals surface area contributed by atoms with E-state index < -0.39 is 11.9 Å². The number of methoxy groups -OCH3 is 3. The summed E-state index contributed by atoms with van der Waals surface area (Å²) < 4.78 is 33.9. The molecule has 0 saturated carbocycles. The van der Waals surface area contributed by atoms with Crippen LogP contribution in [0.15, 0.2) is 78.4 Å². The Balaban J connectivity index is 1.58. The van der Waals surface area contributed by atoms with Crippen molar-refractivity contribution >= 4 is 18.0 Å². The molecule has 0 atom stereocenters. The van der Waals surface area contributed by atoms with Gasteiger partial charge in [0.15, 0.2) is 23.0 Å². The molecule has 1 heterocycles. The van der Waals surface area contributed by atoms with Crippen LogP contribution in [0.1, 0.15) is 27.0 Å². The van der Waals surface area contributed by atoms with E-state index in [9.17, 15) is 19.8 Å². The van der Waals surface area contributed by atoms with E-state index in [1.54, 1.807) is 60.7 Å². The summed E-state index contributed by atoms with van der Waals surface area (Å²) in [5, 5.41) is 19.9. The first-order valence-electron chi connectivity index (χ1n) is 13.5. The second kappa shape index (κ2) is 13.1. The van der Waals surface area contributed by atoms with Gasteiger partial charge in [-0.15, -0.1) is 0 Å². The van der Waals surface area contributed by atoms with Crippen molar-refractivity contribution in [2.24, 2.45) is 0 Å². The molecule has 4 aromatic rings. The van der Waals surface area contributed by atoms with E-state index in [2.05, 4.69) is 0 Å². The van der Waals surface area contributed by atoms with E-state index in [4.69, 9.17) is 28.4 Å². The average molecular weight is 599 g/mol. The number of ether oxygens (including phenoxy) is 6. The lowest BCUT2D eigenvalue weighted by Gasteiger charge is -2.19. The third kappa shape index (κ3) is 6.10. The molecule has 0 saturated heterocycles. The van der Waals surface area contributed by atoms with Gasteiger partial charge in [0, 0.05) is 34.8 Å². The van der Waals surface area contributed by atoms with Gasteiger partial charge in [0.1, 0.15) is 12.4 Å². The molecule has 0 unspecified atom stereocenters. The third-order valence-electron chi connectivity index (χ3n) is 7.13. The average Bonchev–Trinajstić information content (AvgIpc) is 3.50. The highest BCUT2D eigenvalue weighted by Crippen LogP contribution is 2.46. The summed E-state index contributed by atoms with van der Waals surface area (Å²) in [5.41, 5.74) is 3.16. The van der Waals surface area contributed by atoms with Crippen LogP contribution in [0, 0.1) is 0 Å². The highest BCUT2D eigenvalue weighted by atomic mass is 16.7. The van der Waals surface area contributed by atoms with E-state index in [0.29, 0.717) is 62.3 Å². The Morgan fingerprint density at radius 3 is 2.18 bits per heavy atom. The number of aliphatic carboxylic acids is 1. The zero-order chi connectivity index (χ0) is 31.2. The van der Waals surface area contributed by atoms with Crippen molar-refractivity contribution in [1.29, 1.82) is 0 Å². The number of carboxylic acids is 2. The number of benzene rings is 4. The molecule has 2 N–H and O–H groups in total. The molecule has 0 radical (unpaired) electrons. The van der Waals surface area contributed by atoms with Crippen molar-refractivity contribution in [3.63, 3.8) is 0 Å². The zero-order valence-corrected chi connectivity index (χ0v) is 24.3. The lowest BCUT2D eigenvalue weighted by atomic mass is 9.95. The van der Waals surface area contributed by atoms with Crippen molar-refractivity contribution < 1.29 is 48.2 Å². The number of hydrogen-bond donors (Lipinski definition) is 2.